The van der Waals surface area contributed by atoms with Gasteiger partial charge in [-0.2, -0.15) is 5.10 Å². The lowest BCUT2D eigenvalue weighted by Crippen LogP contribution is -2.19. The van der Waals surface area contributed by atoms with E-state index < -0.39 is 0 Å². The molecule has 0 aliphatic rings. The predicted molar refractivity (Wildman–Crippen MR) is 73.6 cm³/mol. The quantitative estimate of drug-likeness (QED) is 0.890. The summed E-state index contributed by atoms with van der Waals surface area (Å²) in [7, 11) is 3.42. The van der Waals surface area contributed by atoms with Gasteiger partial charge in [-0.25, -0.2) is 4.79 Å². The van der Waals surface area contributed by atoms with Gasteiger partial charge in [0, 0.05) is 12.7 Å². The first-order chi connectivity index (χ1) is 9.10. The van der Waals surface area contributed by atoms with E-state index in [9.17, 15) is 4.79 Å². The van der Waals surface area contributed by atoms with Crippen LogP contribution in [-0.4, -0.2) is 22.9 Å². The van der Waals surface area contributed by atoms with E-state index in [2.05, 4.69) is 15.7 Å². The molecule has 0 aliphatic carbocycles. The Labute approximate surface area is 111 Å². The Balaban J connectivity index is 1.99. The zero-order valence-electron chi connectivity index (χ0n) is 11.1. The van der Waals surface area contributed by atoms with Gasteiger partial charge in [0.25, 0.3) is 0 Å². The molecule has 2 amide bonds. The molecule has 2 aromatic rings. The fourth-order valence-corrected chi connectivity index (χ4v) is 1.58. The van der Waals surface area contributed by atoms with Crippen molar-refractivity contribution in [3.8, 4) is 5.75 Å². The summed E-state index contributed by atoms with van der Waals surface area (Å²) in [5, 5.41) is 9.54. The lowest BCUT2D eigenvalue weighted by Gasteiger charge is -2.07. The van der Waals surface area contributed by atoms with Gasteiger partial charge < -0.3 is 15.4 Å². The molecule has 0 saturated carbocycles. The SMILES string of the molecule is COc1ccc(NC(=O)Nc2cnn(C)c2C)cc1. The van der Waals surface area contributed by atoms with Crippen molar-refractivity contribution in [3.63, 3.8) is 0 Å². The van der Waals surface area contributed by atoms with Crippen LogP contribution in [0.5, 0.6) is 5.75 Å². The van der Waals surface area contributed by atoms with E-state index in [0.717, 1.165) is 11.4 Å². The molecule has 6 nitrogen and oxygen atoms in total. The molecule has 0 radical (unpaired) electrons. The zero-order chi connectivity index (χ0) is 13.8. The predicted octanol–water partition coefficient (Wildman–Crippen LogP) is 2.38. The minimum atomic E-state index is -0.304. The first kappa shape index (κ1) is 12.9. The number of carbonyl (C=O) groups is 1. The lowest BCUT2D eigenvalue weighted by atomic mass is 10.3. The molecular formula is C13H16N4O2. The molecule has 100 valence electrons. The molecule has 1 aromatic heterocycles. The Hall–Kier alpha value is -2.50. The molecule has 2 rings (SSSR count). The van der Waals surface area contributed by atoms with Crippen LogP contribution in [0.3, 0.4) is 0 Å². The number of benzene rings is 1. The maximum atomic E-state index is 11.8. The van der Waals surface area contributed by atoms with E-state index in [1.807, 2.05) is 14.0 Å². The number of nitrogens with zero attached hydrogens (tertiary/aromatic N) is 2. The maximum absolute atomic E-state index is 11.8. The third kappa shape index (κ3) is 3.04. The highest BCUT2D eigenvalue weighted by Crippen LogP contribution is 2.16. The van der Waals surface area contributed by atoms with Gasteiger partial charge in [0.15, 0.2) is 0 Å². The van der Waals surface area contributed by atoms with Crippen LogP contribution in [0.15, 0.2) is 30.5 Å². The highest BCUT2D eigenvalue weighted by atomic mass is 16.5. The van der Waals surface area contributed by atoms with Gasteiger partial charge >= 0.3 is 6.03 Å². The zero-order valence-corrected chi connectivity index (χ0v) is 11.1. The summed E-state index contributed by atoms with van der Waals surface area (Å²) in [6, 6.07) is 6.81. The van der Waals surface area contributed by atoms with Gasteiger partial charge in [0.1, 0.15) is 5.75 Å². The number of rotatable bonds is 3. The van der Waals surface area contributed by atoms with Gasteiger partial charge in [-0.05, 0) is 31.2 Å². The molecular weight excluding hydrogens is 244 g/mol. The molecule has 0 bridgehead atoms. The fraction of sp³-hybridized carbons (Fsp3) is 0.231. The number of nitrogens with one attached hydrogen (secondary N) is 2. The molecule has 0 aliphatic heterocycles. The topological polar surface area (TPSA) is 68.2 Å². The summed E-state index contributed by atoms with van der Waals surface area (Å²) >= 11 is 0. The van der Waals surface area contributed by atoms with Crippen LogP contribution in [0.25, 0.3) is 0 Å². The van der Waals surface area contributed by atoms with Crippen LogP contribution >= 0.6 is 0 Å². The summed E-state index contributed by atoms with van der Waals surface area (Å²) in [6.07, 6.45) is 1.61. The van der Waals surface area contributed by atoms with Crippen LogP contribution < -0.4 is 15.4 Å². The number of amides is 2. The number of hydrogen-bond donors (Lipinski definition) is 2. The van der Waals surface area contributed by atoms with Crippen LogP contribution in [0.4, 0.5) is 16.2 Å². The number of hydrogen-bond acceptors (Lipinski definition) is 3. The second-order valence-corrected chi connectivity index (χ2v) is 4.07. The Kier molecular flexibility index (Phi) is 3.70. The van der Waals surface area contributed by atoms with Crippen molar-refractivity contribution in [2.45, 2.75) is 6.92 Å². The minimum absolute atomic E-state index is 0.304. The summed E-state index contributed by atoms with van der Waals surface area (Å²) < 4.78 is 6.75. The van der Waals surface area contributed by atoms with Crippen molar-refractivity contribution in [2.75, 3.05) is 17.7 Å². The second-order valence-electron chi connectivity index (χ2n) is 4.07. The van der Waals surface area contributed by atoms with Crippen LogP contribution in [0.2, 0.25) is 0 Å². The molecule has 19 heavy (non-hydrogen) atoms. The van der Waals surface area contributed by atoms with Crippen molar-refractivity contribution in [3.05, 3.63) is 36.2 Å². The largest absolute Gasteiger partial charge is 0.497 e. The van der Waals surface area contributed by atoms with Crippen molar-refractivity contribution in [1.29, 1.82) is 0 Å². The highest BCUT2D eigenvalue weighted by molar-refractivity contribution is 6.00. The highest BCUT2D eigenvalue weighted by Gasteiger charge is 2.07. The normalized spacial score (nSPS) is 10.1. The minimum Gasteiger partial charge on any atom is -0.497 e. The monoisotopic (exact) mass is 260 g/mol. The van der Waals surface area contributed by atoms with Crippen molar-refractivity contribution in [2.24, 2.45) is 7.05 Å². The lowest BCUT2D eigenvalue weighted by molar-refractivity contribution is 0.262. The average molecular weight is 260 g/mol. The molecule has 1 aromatic carbocycles. The molecule has 0 saturated heterocycles. The Morgan fingerprint density at radius 3 is 2.47 bits per heavy atom. The average Bonchev–Trinajstić information content (AvgIpc) is 2.71. The Morgan fingerprint density at radius 2 is 1.95 bits per heavy atom. The van der Waals surface area contributed by atoms with E-state index in [4.69, 9.17) is 4.74 Å². The van der Waals surface area contributed by atoms with Gasteiger partial charge in [0.05, 0.1) is 24.7 Å². The smallest absolute Gasteiger partial charge is 0.323 e. The Bertz CT molecular complexity index is 575. The standard InChI is InChI=1S/C13H16N4O2/c1-9-12(8-14-17(9)2)16-13(18)15-10-4-6-11(19-3)7-5-10/h4-8H,1-3H3,(H2,15,16,18). The van der Waals surface area contributed by atoms with Crippen molar-refractivity contribution in [1.82, 2.24) is 9.78 Å². The van der Waals surface area contributed by atoms with Crippen molar-refractivity contribution < 1.29 is 9.53 Å². The van der Waals surface area contributed by atoms with E-state index in [1.54, 1.807) is 42.3 Å². The van der Waals surface area contributed by atoms with Gasteiger partial charge in [0.2, 0.25) is 0 Å². The molecule has 0 spiro atoms. The van der Waals surface area contributed by atoms with Crippen LogP contribution in [-0.2, 0) is 7.05 Å². The van der Waals surface area contributed by atoms with Crippen LogP contribution in [0.1, 0.15) is 5.69 Å². The number of anilines is 2. The van der Waals surface area contributed by atoms with Crippen molar-refractivity contribution >= 4 is 17.4 Å². The molecule has 2 N–H and O–H groups in total. The first-order valence-corrected chi connectivity index (χ1v) is 5.81. The maximum Gasteiger partial charge on any atom is 0.323 e. The summed E-state index contributed by atoms with van der Waals surface area (Å²) in [6.45, 7) is 1.88. The third-order valence-electron chi connectivity index (χ3n) is 2.83. The number of methoxy groups -OCH3 is 1. The molecule has 6 heteroatoms. The summed E-state index contributed by atoms with van der Waals surface area (Å²) in [5.74, 6) is 0.745. The number of aromatic nitrogens is 2. The fourth-order valence-electron chi connectivity index (χ4n) is 1.58. The van der Waals surface area contributed by atoms with E-state index in [-0.39, 0.29) is 6.03 Å². The number of urea groups is 1. The van der Waals surface area contributed by atoms with Gasteiger partial charge in [-0.15, -0.1) is 0 Å². The van der Waals surface area contributed by atoms with E-state index in [1.165, 1.54) is 0 Å². The molecule has 1 heterocycles. The first-order valence-electron chi connectivity index (χ1n) is 5.81. The number of carbonyl (C=O) groups excluding carboxylic acids is 1. The van der Waals surface area contributed by atoms with Gasteiger partial charge in [-0.3, -0.25) is 4.68 Å². The summed E-state index contributed by atoms with van der Waals surface area (Å²) in [5.41, 5.74) is 2.28. The molecule has 0 fully saturated rings. The summed E-state index contributed by atoms with van der Waals surface area (Å²) in [4.78, 5) is 11.8. The van der Waals surface area contributed by atoms with E-state index in [0.29, 0.717) is 11.4 Å². The third-order valence-corrected chi connectivity index (χ3v) is 2.83. The number of aryl methyl sites for hydroxylation is 1. The molecule has 0 atom stereocenters. The van der Waals surface area contributed by atoms with Gasteiger partial charge in [-0.1, -0.05) is 0 Å². The number of ether oxygens (including phenoxy) is 1. The molecule has 0 unspecified atom stereocenters. The second kappa shape index (κ2) is 5.43. The van der Waals surface area contributed by atoms with Crippen LogP contribution in [0, 0.1) is 6.92 Å². The van der Waals surface area contributed by atoms with E-state index >= 15 is 0 Å². The Morgan fingerprint density at radius 1 is 1.26 bits per heavy atom.